The van der Waals surface area contributed by atoms with Crippen LogP contribution in [0.3, 0.4) is 0 Å². The fourth-order valence-electron chi connectivity index (χ4n) is 1.14. The lowest BCUT2D eigenvalue weighted by Crippen LogP contribution is -2.32. The highest BCUT2D eigenvalue weighted by Crippen LogP contribution is 2.45. The zero-order valence-electron chi connectivity index (χ0n) is 10.3. The largest absolute Gasteiger partial charge is 0.233 e. The van der Waals surface area contributed by atoms with Crippen LogP contribution in [-0.4, -0.2) is 31.8 Å². The molecule has 0 radical (unpaired) electrons. The average Bonchev–Trinajstić information content (AvgIpc) is 2.32. The van der Waals surface area contributed by atoms with Crippen LogP contribution >= 0.6 is 74.3 Å². The molecule has 0 unspecified atom stereocenters. The van der Waals surface area contributed by atoms with Gasteiger partial charge in [-0.3, -0.25) is 0 Å². The molecule has 0 spiro atoms. The van der Waals surface area contributed by atoms with E-state index in [9.17, 15) is 8.42 Å². The van der Waals surface area contributed by atoms with Gasteiger partial charge < -0.3 is 0 Å². The Bertz CT molecular complexity index is 354. The molecule has 0 saturated heterocycles. The molecule has 0 aliphatic carbocycles. The van der Waals surface area contributed by atoms with Gasteiger partial charge in [-0.1, -0.05) is 65.3 Å². The summed E-state index contributed by atoms with van der Waals surface area (Å²) in [5, 5.41) is 0. The minimum absolute atomic E-state index is 0.208. The first-order valence-corrected chi connectivity index (χ1v) is 10.7. The molecular formula is C9H16BrCl4NO2S2. The molecule has 0 aliphatic heterocycles. The molecule has 0 aliphatic rings. The Labute approximate surface area is 148 Å². The molecule has 116 valence electrons. The van der Waals surface area contributed by atoms with Gasteiger partial charge in [-0.2, -0.15) is 0 Å². The molecule has 0 heterocycles. The van der Waals surface area contributed by atoms with Crippen LogP contribution in [0.5, 0.6) is 0 Å². The van der Waals surface area contributed by atoms with E-state index in [0.29, 0.717) is 6.54 Å². The van der Waals surface area contributed by atoms with E-state index in [1.165, 1.54) is 0 Å². The lowest BCUT2D eigenvalue weighted by atomic mass is 10.2. The number of hydrogen-bond donors (Lipinski definition) is 0. The molecule has 0 atom stereocenters. The van der Waals surface area contributed by atoms with Gasteiger partial charge in [0.05, 0.1) is 0 Å². The highest BCUT2D eigenvalue weighted by molar-refractivity contribution is 9.10. The van der Waals surface area contributed by atoms with Crippen LogP contribution < -0.4 is 0 Å². The number of unbranched alkanes of at least 4 members (excludes halogenated alkanes) is 3. The summed E-state index contributed by atoms with van der Waals surface area (Å²) in [6.45, 7) is 2.40. The monoisotopic (exact) mass is 453 g/mol. The lowest BCUT2D eigenvalue weighted by molar-refractivity contribution is 0.527. The predicted octanol–water partition coefficient (Wildman–Crippen LogP) is 5.13. The smallest absolute Gasteiger partial charge is 0.210 e. The summed E-state index contributed by atoms with van der Waals surface area (Å²) in [5.41, 5.74) is 0. The van der Waals surface area contributed by atoms with Crippen molar-refractivity contribution in [2.75, 3.05) is 11.2 Å². The van der Waals surface area contributed by atoms with Crippen molar-refractivity contribution in [3.63, 3.8) is 0 Å². The van der Waals surface area contributed by atoms with Crippen molar-refractivity contribution < 1.29 is 8.42 Å². The van der Waals surface area contributed by atoms with E-state index in [1.807, 2.05) is 0 Å². The summed E-state index contributed by atoms with van der Waals surface area (Å²) in [5.74, 6) is 0. The van der Waals surface area contributed by atoms with E-state index < -0.39 is 18.5 Å². The number of rotatable bonds is 10. The second-order valence-corrected chi connectivity index (χ2v) is 11.4. The maximum atomic E-state index is 11.9. The van der Waals surface area contributed by atoms with E-state index in [2.05, 4.69) is 22.9 Å². The van der Waals surface area contributed by atoms with Gasteiger partial charge in [0.2, 0.25) is 13.7 Å². The minimum atomic E-state index is -3.49. The standard InChI is InChI=1S/C9H16BrCl4NO2S2/c1-2-3-4-5-6-15(19(16,17)7-10)18-9(13,14)8(11)12/h8H,2-7H2,1H3. The van der Waals surface area contributed by atoms with Crippen molar-refractivity contribution in [3.8, 4) is 0 Å². The van der Waals surface area contributed by atoms with Crippen molar-refractivity contribution in [1.82, 2.24) is 3.71 Å². The normalized spacial score (nSPS) is 13.5. The van der Waals surface area contributed by atoms with Crippen molar-refractivity contribution in [3.05, 3.63) is 0 Å². The number of hydrogen-bond acceptors (Lipinski definition) is 3. The maximum Gasteiger partial charge on any atom is 0.233 e. The fraction of sp³-hybridized carbons (Fsp3) is 1.00. The SMILES string of the molecule is CCCCCCN(SC(Cl)(Cl)C(Cl)Cl)S(=O)(=O)CBr. The second kappa shape index (κ2) is 9.82. The molecule has 0 saturated carbocycles. The molecule has 10 heteroatoms. The lowest BCUT2D eigenvalue weighted by Gasteiger charge is -2.27. The van der Waals surface area contributed by atoms with E-state index >= 15 is 0 Å². The molecule has 0 aromatic carbocycles. The Morgan fingerprint density at radius 2 is 1.84 bits per heavy atom. The molecule has 19 heavy (non-hydrogen) atoms. The first kappa shape index (κ1) is 20.9. The van der Waals surface area contributed by atoms with E-state index in [-0.39, 0.29) is 4.66 Å². The predicted molar refractivity (Wildman–Crippen MR) is 91.1 cm³/mol. The molecule has 0 aromatic rings. The Hall–Kier alpha value is 1.90. The summed E-state index contributed by atoms with van der Waals surface area (Å²) in [6, 6.07) is 0. The van der Waals surface area contributed by atoms with Gasteiger partial charge in [0.25, 0.3) is 0 Å². The number of halogens is 5. The van der Waals surface area contributed by atoms with E-state index in [0.717, 1.165) is 41.3 Å². The van der Waals surface area contributed by atoms with E-state index in [1.54, 1.807) is 0 Å². The van der Waals surface area contributed by atoms with Crippen molar-refractivity contribution in [1.29, 1.82) is 0 Å². The molecular weight excluding hydrogens is 440 g/mol. The average molecular weight is 456 g/mol. The molecule has 0 bridgehead atoms. The first-order chi connectivity index (χ1) is 8.67. The number of nitrogens with zero attached hydrogens (tertiary/aromatic N) is 1. The van der Waals surface area contributed by atoms with Gasteiger partial charge in [-0.15, -0.1) is 26.9 Å². The minimum Gasteiger partial charge on any atom is -0.210 e. The van der Waals surface area contributed by atoms with Gasteiger partial charge in [-0.05, 0) is 18.4 Å². The van der Waals surface area contributed by atoms with Crippen LogP contribution in [0.4, 0.5) is 0 Å². The Balaban J connectivity index is 4.70. The zero-order chi connectivity index (χ0) is 15.1. The van der Waals surface area contributed by atoms with Crippen molar-refractivity contribution in [2.45, 2.75) is 41.1 Å². The highest BCUT2D eigenvalue weighted by atomic mass is 79.9. The Kier molecular flexibility index (Phi) is 10.8. The van der Waals surface area contributed by atoms with Gasteiger partial charge in [-0.25, -0.2) is 8.42 Å². The molecule has 0 fully saturated rings. The van der Waals surface area contributed by atoms with Crippen LogP contribution in [0.25, 0.3) is 0 Å². The molecule has 0 aromatic heterocycles. The van der Waals surface area contributed by atoms with Crippen LogP contribution in [0.1, 0.15) is 32.6 Å². The van der Waals surface area contributed by atoms with E-state index in [4.69, 9.17) is 46.4 Å². The fourth-order valence-corrected chi connectivity index (χ4v) is 5.32. The van der Waals surface area contributed by atoms with Crippen LogP contribution in [0, 0.1) is 0 Å². The molecule has 0 N–H and O–H groups in total. The van der Waals surface area contributed by atoms with Crippen LogP contribution in [-0.2, 0) is 10.0 Å². The van der Waals surface area contributed by atoms with Crippen molar-refractivity contribution >= 4 is 84.3 Å². The number of sulfonamides is 1. The highest BCUT2D eigenvalue weighted by Gasteiger charge is 2.39. The first-order valence-electron chi connectivity index (χ1n) is 5.58. The van der Waals surface area contributed by atoms with Crippen LogP contribution in [0.2, 0.25) is 0 Å². The van der Waals surface area contributed by atoms with Gasteiger partial charge in [0.15, 0.2) is 4.84 Å². The third-order valence-corrected chi connectivity index (χ3v) is 8.92. The maximum absolute atomic E-state index is 11.9. The molecule has 3 nitrogen and oxygen atoms in total. The molecule has 0 amide bonds. The zero-order valence-corrected chi connectivity index (χ0v) is 16.5. The molecule has 0 rings (SSSR count). The summed E-state index contributed by atoms with van der Waals surface area (Å²) in [4.78, 5) is -1.11. The third kappa shape index (κ3) is 8.19. The summed E-state index contributed by atoms with van der Waals surface area (Å²) in [7, 11) is -3.49. The van der Waals surface area contributed by atoms with Crippen LogP contribution in [0.15, 0.2) is 0 Å². The number of alkyl halides is 5. The summed E-state index contributed by atoms with van der Waals surface area (Å²) >= 11 is 26.8. The topological polar surface area (TPSA) is 37.4 Å². The quantitative estimate of drug-likeness (QED) is 0.260. The second-order valence-electron chi connectivity index (χ2n) is 3.76. The summed E-state index contributed by atoms with van der Waals surface area (Å²) < 4.78 is 23.2. The third-order valence-electron chi connectivity index (χ3n) is 2.12. The van der Waals surface area contributed by atoms with Gasteiger partial charge >= 0.3 is 0 Å². The van der Waals surface area contributed by atoms with Gasteiger partial charge in [0, 0.05) is 6.54 Å². The van der Waals surface area contributed by atoms with Gasteiger partial charge in [0.1, 0.15) is 4.66 Å². The Morgan fingerprint density at radius 3 is 2.26 bits per heavy atom. The summed E-state index contributed by atoms with van der Waals surface area (Å²) in [6.07, 6.45) is 3.78. The van der Waals surface area contributed by atoms with Crippen molar-refractivity contribution in [2.24, 2.45) is 0 Å². The Morgan fingerprint density at radius 1 is 1.26 bits per heavy atom.